The minimum absolute atomic E-state index is 0.330. The molecule has 122 valence electrons. The highest BCUT2D eigenvalue weighted by molar-refractivity contribution is 5.59. The maximum Gasteiger partial charge on any atom is 0.146 e. The molecule has 5 nitrogen and oxygen atoms in total. The predicted molar refractivity (Wildman–Crippen MR) is 92.0 cm³/mol. The van der Waals surface area contributed by atoms with Crippen molar-refractivity contribution in [3.05, 3.63) is 72.3 Å². The van der Waals surface area contributed by atoms with E-state index in [-0.39, 0.29) is 5.82 Å². The highest BCUT2D eigenvalue weighted by atomic mass is 19.1. The molecule has 0 spiro atoms. The third kappa shape index (κ3) is 3.98. The average molecular weight is 324 g/mol. The van der Waals surface area contributed by atoms with E-state index in [0.29, 0.717) is 23.9 Å². The van der Waals surface area contributed by atoms with Crippen molar-refractivity contribution >= 4 is 17.3 Å². The topological polar surface area (TPSA) is 59.1 Å². The molecule has 0 aliphatic heterocycles. The van der Waals surface area contributed by atoms with Crippen molar-refractivity contribution in [1.29, 1.82) is 0 Å². The number of aromatic nitrogens is 2. The van der Waals surface area contributed by atoms with Crippen molar-refractivity contribution in [2.75, 3.05) is 17.7 Å². The SMILES string of the molecule is COc1ccc(CNc2cc(Nc3ccccc3F)ncn2)cc1. The minimum atomic E-state index is -0.330. The van der Waals surface area contributed by atoms with Crippen LogP contribution in [0.4, 0.5) is 21.7 Å². The van der Waals surface area contributed by atoms with Gasteiger partial charge in [-0.3, -0.25) is 0 Å². The molecule has 1 heterocycles. The zero-order valence-electron chi connectivity index (χ0n) is 13.2. The summed E-state index contributed by atoms with van der Waals surface area (Å²) in [6.07, 6.45) is 1.43. The Morgan fingerprint density at radius 3 is 2.50 bits per heavy atom. The van der Waals surface area contributed by atoms with Gasteiger partial charge in [0.05, 0.1) is 12.8 Å². The van der Waals surface area contributed by atoms with Gasteiger partial charge in [-0.25, -0.2) is 14.4 Å². The molecule has 1 aromatic heterocycles. The van der Waals surface area contributed by atoms with Gasteiger partial charge < -0.3 is 15.4 Å². The lowest BCUT2D eigenvalue weighted by Crippen LogP contribution is -2.03. The monoisotopic (exact) mass is 324 g/mol. The molecule has 0 fully saturated rings. The van der Waals surface area contributed by atoms with Crippen LogP contribution >= 0.6 is 0 Å². The quantitative estimate of drug-likeness (QED) is 0.718. The summed E-state index contributed by atoms with van der Waals surface area (Å²) in [5.74, 6) is 1.66. The first-order valence-electron chi connectivity index (χ1n) is 7.45. The predicted octanol–water partition coefficient (Wildman–Crippen LogP) is 3.98. The molecule has 0 amide bonds. The molecule has 2 N–H and O–H groups in total. The highest BCUT2D eigenvalue weighted by Gasteiger charge is 2.03. The lowest BCUT2D eigenvalue weighted by molar-refractivity contribution is 0.414. The Kier molecular flexibility index (Phi) is 4.86. The third-order valence-corrected chi connectivity index (χ3v) is 3.44. The maximum absolute atomic E-state index is 13.7. The van der Waals surface area contributed by atoms with E-state index in [1.54, 1.807) is 31.4 Å². The molecule has 3 aromatic rings. The van der Waals surface area contributed by atoms with Crippen LogP contribution in [0.5, 0.6) is 5.75 Å². The summed E-state index contributed by atoms with van der Waals surface area (Å²) < 4.78 is 18.8. The average Bonchev–Trinajstić information content (AvgIpc) is 2.63. The Morgan fingerprint density at radius 1 is 1.00 bits per heavy atom. The van der Waals surface area contributed by atoms with Gasteiger partial charge in [0.1, 0.15) is 29.5 Å². The van der Waals surface area contributed by atoms with Gasteiger partial charge in [0.25, 0.3) is 0 Å². The van der Waals surface area contributed by atoms with Crippen molar-refractivity contribution < 1.29 is 9.13 Å². The molecule has 0 saturated carbocycles. The number of nitrogens with one attached hydrogen (secondary N) is 2. The van der Waals surface area contributed by atoms with Crippen LogP contribution in [0.3, 0.4) is 0 Å². The second kappa shape index (κ2) is 7.41. The molecular weight excluding hydrogens is 307 g/mol. The number of para-hydroxylation sites is 1. The van der Waals surface area contributed by atoms with E-state index in [1.807, 2.05) is 24.3 Å². The molecule has 0 saturated heterocycles. The number of halogens is 1. The van der Waals surface area contributed by atoms with Crippen molar-refractivity contribution in [3.63, 3.8) is 0 Å². The number of ether oxygens (including phenoxy) is 1. The molecule has 0 aliphatic carbocycles. The summed E-state index contributed by atoms with van der Waals surface area (Å²) in [5.41, 5.74) is 1.47. The Balaban J connectivity index is 1.65. The van der Waals surface area contributed by atoms with Crippen LogP contribution < -0.4 is 15.4 Å². The number of hydrogen-bond acceptors (Lipinski definition) is 5. The molecule has 6 heteroatoms. The van der Waals surface area contributed by atoms with Crippen LogP contribution in [0.2, 0.25) is 0 Å². The standard InChI is InChI=1S/C18H17FN4O/c1-24-14-8-6-13(7-9-14)11-20-17-10-18(22-12-21-17)23-16-5-3-2-4-15(16)19/h2-10,12H,11H2,1H3,(H2,20,21,22,23). The minimum Gasteiger partial charge on any atom is -0.497 e. The molecule has 0 unspecified atom stereocenters. The smallest absolute Gasteiger partial charge is 0.146 e. The molecule has 0 bridgehead atoms. The fourth-order valence-electron chi connectivity index (χ4n) is 2.16. The summed E-state index contributed by atoms with van der Waals surface area (Å²) in [4.78, 5) is 8.28. The van der Waals surface area contributed by atoms with Crippen molar-refractivity contribution in [2.24, 2.45) is 0 Å². The number of methoxy groups -OCH3 is 1. The summed E-state index contributed by atoms with van der Waals surface area (Å²) in [6.45, 7) is 0.611. The zero-order chi connectivity index (χ0) is 16.8. The lowest BCUT2D eigenvalue weighted by atomic mass is 10.2. The maximum atomic E-state index is 13.7. The van der Waals surface area contributed by atoms with E-state index in [9.17, 15) is 4.39 Å². The number of anilines is 3. The van der Waals surface area contributed by atoms with Crippen LogP contribution in [0.15, 0.2) is 60.9 Å². The van der Waals surface area contributed by atoms with E-state index < -0.39 is 0 Å². The Morgan fingerprint density at radius 2 is 1.75 bits per heavy atom. The summed E-state index contributed by atoms with van der Waals surface area (Å²) >= 11 is 0. The van der Waals surface area contributed by atoms with E-state index >= 15 is 0 Å². The normalized spacial score (nSPS) is 10.2. The number of nitrogens with zero attached hydrogens (tertiary/aromatic N) is 2. The lowest BCUT2D eigenvalue weighted by Gasteiger charge is -2.09. The second-order valence-corrected chi connectivity index (χ2v) is 5.09. The van der Waals surface area contributed by atoms with E-state index in [0.717, 1.165) is 11.3 Å². The van der Waals surface area contributed by atoms with Crippen molar-refractivity contribution in [3.8, 4) is 5.75 Å². The fourth-order valence-corrected chi connectivity index (χ4v) is 2.16. The summed E-state index contributed by atoms with van der Waals surface area (Å²) in [6, 6.07) is 15.9. The van der Waals surface area contributed by atoms with Crippen LogP contribution in [-0.2, 0) is 6.54 Å². The number of hydrogen-bond donors (Lipinski definition) is 2. The largest absolute Gasteiger partial charge is 0.497 e. The Bertz CT molecular complexity index is 808. The fraction of sp³-hybridized carbons (Fsp3) is 0.111. The first kappa shape index (κ1) is 15.7. The van der Waals surface area contributed by atoms with Gasteiger partial charge in [0, 0.05) is 12.6 Å². The molecule has 0 atom stereocenters. The second-order valence-electron chi connectivity index (χ2n) is 5.09. The molecular formula is C18H17FN4O. The van der Waals surface area contributed by atoms with E-state index in [2.05, 4.69) is 20.6 Å². The molecule has 24 heavy (non-hydrogen) atoms. The van der Waals surface area contributed by atoms with Gasteiger partial charge in [0.2, 0.25) is 0 Å². The number of rotatable bonds is 6. The zero-order valence-corrected chi connectivity index (χ0v) is 13.2. The van der Waals surface area contributed by atoms with Crippen molar-refractivity contribution in [1.82, 2.24) is 9.97 Å². The van der Waals surface area contributed by atoms with Crippen LogP contribution in [-0.4, -0.2) is 17.1 Å². The van der Waals surface area contributed by atoms with Crippen LogP contribution in [0.25, 0.3) is 0 Å². The molecule has 0 radical (unpaired) electrons. The number of benzene rings is 2. The molecule has 0 aliphatic rings. The Labute approximate surface area is 139 Å². The third-order valence-electron chi connectivity index (χ3n) is 3.44. The van der Waals surface area contributed by atoms with Gasteiger partial charge in [0.15, 0.2) is 0 Å². The van der Waals surface area contributed by atoms with Gasteiger partial charge in [-0.1, -0.05) is 24.3 Å². The van der Waals surface area contributed by atoms with Gasteiger partial charge in [-0.2, -0.15) is 0 Å². The van der Waals surface area contributed by atoms with Gasteiger partial charge in [-0.15, -0.1) is 0 Å². The molecule has 2 aromatic carbocycles. The highest BCUT2D eigenvalue weighted by Crippen LogP contribution is 2.19. The van der Waals surface area contributed by atoms with Gasteiger partial charge in [-0.05, 0) is 29.8 Å². The van der Waals surface area contributed by atoms with Gasteiger partial charge >= 0.3 is 0 Å². The van der Waals surface area contributed by atoms with Crippen LogP contribution in [0, 0.1) is 5.82 Å². The summed E-state index contributed by atoms with van der Waals surface area (Å²) in [7, 11) is 1.64. The Hall–Kier alpha value is -3.15. The van der Waals surface area contributed by atoms with E-state index in [4.69, 9.17) is 4.74 Å². The molecule has 3 rings (SSSR count). The van der Waals surface area contributed by atoms with Crippen LogP contribution in [0.1, 0.15) is 5.56 Å². The van der Waals surface area contributed by atoms with E-state index in [1.165, 1.54) is 12.4 Å². The van der Waals surface area contributed by atoms with Crippen molar-refractivity contribution in [2.45, 2.75) is 6.54 Å². The summed E-state index contributed by atoms with van der Waals surface area (Å²) in [5, 5.41) is 6.16. The first-order valence-corrected chi connectivity index (χ1v) is 7.45. The first-order chi connectivity index (χ1) is 11.7.